The maximum absolute atomic E-state index is 13.0. The number of carbonyl (C=O) groups is 6. The molecule has 2 aliphatic rings. The van der Waals surface area contributed by atoms with Crippen LogP contribution in [0.25, 0.3) is 33.8 Å². The SMILES string of the molecule is O=C1CCC(N2C(=O)c3ccc(C(=O)NCCOCCOCCNC(=O)c4ccc(-c5cc(-c6ccc([N+](=O)[O-])cc6)nc(-c6ccco6)c5)cc4)cc3C2=O)C(=O)N1. The van der Waals surface area contributed by atoms with Gasteiger partial charge in [0, 0.05) is 48.3 Å². The van der Waals surface area contributed by atoms with Gasteiger partial charge in [0.15, 0.2) is 5.76 Å². The summed E-state index contributed by atoms with van der Waals surface area (Å²) in [5.41, 5.74) is 4.16. The van der Waals surface area contributed by atoms with E-state index in [4.69, 9.17) is 18.9 Å². The molecule has 0 spiro atoms. The maximum Gasteiger partial charge on any atom is 0.269 e. The van der Waals surface area contributed by atoms with Gasteiger partial charge in [0.2, 0.25) is 11.8 Å². The summed E-state index contributed by atoms with van der Waals surface area (Å²) in [6, 6.07) is 23.5. The smallest absolute Gasteiger partial charge is 0.269 e. The van der Waals surface area contributed by atoms with Crippen molar-refractivity contribution in [3.63, 3.8) is 0 Å². The zero-order chi connectivity index (χ0) is 41.5. The third-order valence-corrected chi connectivity index (χ3v) is 9.59. The van der Waals surface area contributed by atoms with Crippen molar-refractivity contribution in [3.8, 4) is 33.8 Å². The van der Waals surface area contributed by atoms with Crippen LogP contribution in [0.1, 0.15) is 54.3 Å². The molecular formula is C42H36N6O11. The molecule has 300 valence electrons. The minimum absolute atomic E-state index is 0.00532. The van der Waals surface area contributed by atoms with Gasteiger partial charge in [0.1, 0.15) is 11.7 Å². The second kappa shape index (κ2) is 17.8. The summed E-state index contributed by atoms with van der Waals surface area (Å²) < 4.78 is 16.6. The number of piperidine rings is 1. The van der Waals surface area contributed by atoms with Crippen molar-refractivity contribution in [1.82, 2.24) is 25.8 Å². The summed E-state index contributed by atoms with van der Waals surface area (Å²) in [4.78, 5) is 91.5. The third kappa shape index (κ3) is 9.11. The molecule has 1 saturated heterocycles. The summed E-state index contributed by atoms with van der Waals surface area (Å²) in [7, 11) is 0. The second-order valence-electron chi connectivity index (χ2n) is 13.4. The van der Waals surface area contributed by atoms with Crippen molar-refractivity contribution in [2.24, 2.45) is 0 Å². The Kier molecular flexibility index (Phi) is 12.0. The minimum atomic E-state index is -1.10. The van der Waals surface area contributed by atoms with E-state index in [0.717, 1.165) is 16.0 Å². The first-order chi connectivity index (χ1) is 28.6. The van der Waals surface area contributed by atoms with Crippen LogP contribution < -0.4 is 16.0 Å². The highest BCUT2D eigenvalue weighted by Crippen LogP contribution is 2.32. The van der Waals surface area contributed by atoms with Gasteiger partial charge in [-0.25, -0.2) is 4.98 Å². The molecular weight excluding hydrogens is 764 g/mol. The van der Waals surface area contributed by atoms with E-state index in [1.165, 1.54) is 30.3 Å². The Morgan fingerprint density at radius 2 is 1.39 bits per heavy atom. The van der Waals surface area contributed by atoms with Crippen LogP contribution in [0.4, 0.5) is 5.69 Å². The van der Waals surface area contributed by atoms with E-state index in [9.17, 15) is 38.9 Å². The number of fused-ring (bicyclic) bond motifs is 1. The standard InChI is InChI=1S/C42H36N6O11/c49-37-14-13-35(40(52)46-37)47-41(53)31-12-9-28(22-32(31)42(47)54)39(51)44-16-19-58-21-20-57-18-15-43-38(50)27-5-3-25(4-6-27)29-23-33(26-7-10-30(11-8-26)48(55)56)45-34(24-29)36-2-1-17-59-36/h1-12,17,22-24,35H,13-16,18-21H2,(H,43,50)(H,44,51)(H,46,49,52). The lowest BCUT2D eigenvalue weighted by atomic mass is 10.00. The normalized spacial score (nSPS) is 14.8. The average Bonchev–Trinajstić information content (AvgIpc) is 3.88. The first-order valence-corrected chi connectivity index (χ1v) is 18.6. The molecule has 2 aromatic heterocycles. The highest BCUT2D eigenvalue weighted by Gasteiger charge is 2.44. The molecule has 1 atom stereocenters. The molecule has 0 bridgehead atoms. The highest BCUT2D eigenvalue weighted by atomic mass is 16.6. The molecule has 1 unspecified atom stereocenters. The van der Waals surface area contributed by atoms with E-state index in [2.05, 4.69) is 16.0 Å². The largest absolute Gasteiger partial charge is 0.463 e. The molecule has 17 heteroatoms. The molecule has 0 saturated carbocycles. The Morgan fingerprint density at radius 3 is 2.03 bits per heavy atom. The number of rotatable bonds is 16. The number of hydrogen-bond donors (Lipinski definition) is 3. The molecule has 1 fully saturated rings. The number of amides is 6. The molecule has 17 nitrogen and oxygen atoms in total. The topological polar surface area (TPSA) is 229 Å². The third-order valence-electron chi connectivity index (χ3n) is 9.59. The predicted octanol–water partition coefficient (Wildman–Crippen LogP) is 4.18. The number of nitrogens with one attached hydrogen (secondary N) is 3. The number of aromatic nitrogens is 1. The van der Waals surface area contributed by atoms with E-state index >= 15 is 0 Å². The number of carbonyl (C=O) groups excluding carboxylic acids is 6. The van der Waals surface area contributed by atoms with Gasteiger partial charge >= 0.3 is 0 Å². The van der Waals surface area contributed by atoms with E-state index in [1.54, 1.807) is 42.7 Å². The highest BCUT2D eigenvalue weighted by molar-refractivity contribution is 6.24. The summed E-state index contributed by atoms with van der Waals surface area (Å²) in [5, 5.41) is 18.8. The van der Waals surface area contributed by atoms with Crippen LogP contribution in [0.3, 0.4) is 0 Å². The van der Waals surface area contributed by atoms with Gasteiger partial charge in [0.25, 0.3) is 29.3 Å². The van der Waals surface area contributed by atoms with Gasteiger partial charge < -0.3 is 24.5 Å². The number of nitrogens with zero attached hydrogens (tertiary/aromatic N) is 3. The Labute approximate surface area is 335 Å². The lowest BCUT2D eigenvalue weighted by molar-refractivity contribution is -0.384. The number of pyridine rings is 1. The maximum atomic E-state index is 13.0. The van der Waals surface area contributed by atoms with Gasteiger partial charge in [-0.3, -0.25) is 49.1 Å². The molecule has 6 amide bonds. The number of nitro groups is 1. The number of imide groups is 2. The van der Waals surface area contributed by atoms with Crippen LogP contribution >= 0.6 is 0 Å². The average molecular weight is 801 g/mol. The quantitative estimate of drug-likeness (QED) is 0.0553. The Bertz CT molecular complexity index is 2430. The van der Waals surface area contributed by atoms with Crippen LogP contribution in [0, 0.1) is 10.1 Å². The van der Waals surface area contributed by atoms with E-state index in [-0.39, 0.29) is 80.6 Å². The van der Waals surface area contributed by atoms with E-state index < -0.39 is 40.5 Å². The molecule has 0 radical (unpaired) electrons. The minimum Gasteiger partial charge on any atom is -0.463 e. The van der Waals surface area contributed by atoms with Crippen LogP contribution in [0.15, 0.2) is 102 Å². The molecule has 4 heterocycles. The summed E-state index contributed by atoms with van der Waals surface area (Å²) >= 11 is 0. The molecule has 59 heavy (non-hydrogen) atoms. The van der Waals surface area contributed by atoms with Crippen molar-refractivity contribution >= 4 is 41.1 Å². The molecule has 0 aliphatic carbocycles. The number of ether oxygens (including phenoxy) is 2. The fourth-order valence-corrected chi connectivity index (χ4v) is 6.58. The van der Waals surface area contributed by atoms with Crippen molar-refractivity contribution in [1.29, 1.82) is 0 Å². The van der Waals surface area contributed by atoms with Gasteiger partial charge in [-0.2, -0.15) is 0 Å². The van der Waals surface area contributed by atoms with E-state index in [0.29, 0.717) is 28.3 Å². The first kappa shape index (κ1) is 39.8. The number of furan rings is 1. The lowest BCUT2D eigenvalue weighted by Crippen LogP contribution is -2.54. The fraction of sp³-hybridized carbons (Fsp3) is 0.214. The summed E-state index contributed by atoms with van der Waals surface area (Å²) in [6.45, 7) is 1.31. The number of benzene rings is 3. The second-order valence-corrected chi connectivity index (χ2v) is 13.4. The van der Waals surface area contributed by atoms with Gasteiger partial charge in [0.05, 0.1) is 54.4 Å². The van der Waals surface area contributed by atoms with E-state index in [1.807, 2.05) is 24.3 Å². The fourth-order valence-electron chi connectivity index (χ4n) is 6.58. The number of hydrogen-bond acceptors (Lipinski definition) is 12. The van der Waals surface area contributed by atoms with Gasteiger partial charge in [-0.05, 0) is 84.3 Å². The molecule has 5 aromatic rings. The predicted molar refractivity (Wildman–Crippen MR) is 209 cm³/mol. The van der Waals surface area contributed by atoms with Crippen molar-refractivity contribution in [3.05, 3.63) is 130 Å². The van der Waals surface area contributed by atoms with Gasteiger partial charge in [-0.1, -0.05) is 12.1 Å². The number of non-ortho nitro benzene ring substituents is 1. The van der Waals surface area contributed by atoms with Crippen molar-refractivity contribution in [2.75, 3.05) is 39.5 Å². The Hall–Kier alpha value is -7.37. The molecule has 3 aromatic carbocycles. The summed E-state index contributed by atoms with van der Waals surface area (Å²) in [5.74, 6) is -2.74. The lowest BCUT2D eigenvalue weighted by Gasteiger charge is -2.27. The van der Waals surface area contributed by atoms with Gasteiger partial charge in [-0.15, -0.1) is 0 Å². The van der Waals surface area contributed by atoms with Crippen molar-refractivity contribution < 1.29 is 47.6 Å². The zero-order valence-electron chi connectivity index (χ0n) is 31.3. The van der Waals surface area contributed by atoms with Crippen LogP contribution in [-0.4, -0.2) is 95.8 Å². The molecule has 7 rings (SSSR count). The van der Waals surface area contributed by atoms with Crippen LogP contribution in [-0.2, 0) is 19.1 Å². The first-order valence-electron chi connectivity index (χ1n) is 18.6. The van der Waals surface area contributed by atoms with Crippen LogP contribution in [0.2, 0.25) is 0 Å². The monoisotopic (exact) mass is 800 g/mol. The summed E-state index contributed by atoms with van der Waals surface area (Å²) in [6.07, 6.45) is 1.59. The van der Waals surface area contributed by atoms with Crippen molar-refractivity contribution in [2.45, 2.75) is 18.9 Å². The molecule has 3 N–H and O–H groups in total. The molecule has 2 aliphatic heterocycles. The zero-order valence-corrected chi connectivity index (χ0v) is 31.3. The van der Waals surface area contributed by atoms with Crippen LogP contribution in [0.5, 0.6) is 0 Å². The number of nitro benzene ring substituents is 1. The Balaban J connectivity index is 0.815. The Morgan fingerprint density at radius 1 is 0.763 bits per heavy atom.